The van der Waals surface area contributed by atoms with Gasteiger partial charge in [-0.1, -0.05) is 19.4 Å². The van der Waals surface area contributed by atoms with Crippen LogP contribution < -0.4 is 5.32 Å². The number of aromatic nitrogens is 1. The molecular formula is C21H27N3O2. The van der Waals surface area contributed by atoms with Gasteiger partial charge in [0.2, 0.25) is 0 Å². The van der Waals surface area contributed by atoms with Crippen molar-refractivity contribution in [1.29, 1.82) is 0 Å². The molecule has 1 amide bonds. The van der Waals surface area contributed by atoms with Crippen molar-refractivity contribution < 1.29 is 9.21 Å². The molecule has 1 aromatic heterocycles. The zero-order chi connectivity index (χ0) is 17.8. The number of amides is 1. The Balaban J connectivity index is 1.36. The molecule has 1 N–H and O–H groups in total. The molecule has 3 fully saturated rings. The highest BCUT2D eigenvalue weighted by Crippen LogP contribution is 2.47. The minimum absolute atomic E-state index is 0.00748. The topological polar surface area (TPSA) is 58.4 Å². The summed E-state index contributed by atoms with van der Waals surface area (Å²) in [7, 11) is 2.24. The fourth-order valence-electron chi connectivity index (χ4n) is 4.97. The summed E-state index contributed by atoms with van der Waals surface area (Å²) in [5.41, 5.74) is 2.09. The number of benzene rings is 1. The van der Waals surface area contributed by atoms with E-state index in [9.17, 15) is 4.79 Å². The second-order valence-corrected chi connectivity index (χ2v) is 8.57. The largest absolute Gasteiger partial charge is 0.440 e. The Morgan fingerprint density at radius 1 is 1.23 bits per heavy atom. The van der Waals surface area contributed by atoms with E-state index in [2.05, 4.69) is 29.2 Å². The van der Waals surface area contributed by atoms with Gasteiger partial charge < -0.3 is 14.6 Å². The number of rotatable bonds is 3. The molecule has 0 spiro atoms. The van der Waals surface area contributed by atoms with E-state index in [1.807, 2.05) is 18.2 Å². The molecule has 4 unspecified atom stereocenters. The number of para-hydroxylation sites is 1. The van der Waals surface area contributed by atoms with Crippen LogP contribution in [-0.4, -0.2) is 41.0 Å². The molecular weight excluding hydrogens is 326 g/mol. The predicted octanol–water partition coefficient (Wildman–Crippen LogP) is 3.70. The van der Waals surface area contributed by atoms with Crippen molar-refractivity contribution in [3.63, 3.8) is 0 Å². The monoisotopic (exact) mass is 353 g/mol. The van der Waals surface area contributed by atoms with E-state index in [-0.39, 0.29) is 11.9 Å². The lowest BCUT2D eigenvalue weighted by atomic mass is 9.82. The highest BCUT2D eigenvalue weighted by Gasteiger charge is 2.39. The van der Waals surface area contributed by atoms with E-state index in [0.29, 0.717) is 35.0 Å². The first-order valence-corrected chi connectivity index (χ1v) is 10.0. The molecule has 1 saturated carbocycles. The molecule has 4 atom stereocenters. The van der Waals surface area contributed by atoms with E-state index < -0.39 is 0 Å². The van der Waals surface area contributed by atoms with Crippen molar-refractivity contribution in [2.45, 2.75) is 69.5 Å². The molecule has 2 aliphatic heterocycles. The van der Waals surface area contributed by atoms with Crippen LogP contribution in [0.2, 0.25) is 0 Å². The van der Waals surface area contributed by atoms with Crippen LogP contribution >= 0.6 is 0 Å². The van der Waals surface area contributed by atoms with Gasteiger partial charge in [-0.15, -0.1) is 0 Å². The fourth-order valence-corrected chi connectivity index (χ4v) is 4.97. The van der Waals surface area contributed by atoms with Gasteiger partial charge in [0.15, 0.2) is 11.5 Å². The maximum Gasteiger partial charge on any atom is 0.253 e. The second-order valence-electron chi connectivity index (χ2n) is 8.57. The molecule has 0 radical (unpaired) electrons. The summed E-state index contributed by atoms with van der Waals surface area (Å²) in [5, 5.41) is 3.29. The molecule has 5 heteroatoms. The SMILES string of the molecule is CC1CC1c1nc2c(C(=O)NC3CC4CCCC(C3)N4C)cccc2o1. The van der Waals surface area contributed by atoms with Crippen LogP contribution in [0.1, 0.15) is 67.6 Å². The van der Waals surface area contributed by atoms with Gasteiger partial charge in [0, 0.05) is 24.0 Å². The Kier molecular flexibility index (Phi) is 3.82. The highest BCUT2D eigenvalue weighted by atomic mass is 16.3. The Bertz CT molecular complexity index is 831. The van der Waals surface area contributed by atoms with Crippen molar-refractivity contribution in [3.8, 4) is 0 Å². The third kappa shape index (κ3) is 2.73. The van der Waals surface area contributed by atoms with Crippen LogP contribution in [0.4, 0.5) is 0 Å². The molecule has 1 aliphatic carbocycles. The fraction of sp³-hybridized carbons (Fsp3) is 0.619. The molecule has 2 bridgehead atoms. The standard InChI is InChI=1S/C21H27N3O2/c1-12-9-17(12)21-23-19-16(7-4-8-18(19)26-21)20(25)22-13-10-14-5-3-6-15(11-13)24(14)2/h4,7-8,12-15,17H,3,5-6,9-11H2,1-2H3,(H,22,25). The van der Waals surface area contributed by atoms with Crippen LogP contribution in [0.3, 0.4) is 0 Å². The van der Waals surface area contributed by atoms with Crippen LogP contribution in [0.15, 0.2) is 22.6 Å². The molecule has 26 heavy (non-hydrogen) atoms. The van der Waals surface area contributed by atoms with Crippen LogP contribution in [0.25, 0.3) is 11.1 Å². The number of carbonyl (C=O) groups excluding carboxylic acids is 1. The van der Waals surface area contributed by atoms with Gasteiger partial charge in [-0.2, -0.15) is 0 Å². The first-order valence-electron chi connectivity index (χ1n) is 10.0. The molecule has 3 aliphatic rings. The number of piperidine rings is 2. The smallest absolute Gasteiger partial charge is 0.253 e. The minimum Gasteiger partial charge on any atom is -0.440 e. The summed E-state index contributed by atoms with van der Waals surface area (Å²) in [5.74, 6) is 1.85. The van der Waals surface area contributed by atoms with Gasteiger partial charge in [-0.05, 0) is 57.2 Å². The Morgan fingerprint density at radius 3 is 2.65 bits per heavy atom. The zero-order valence-electron chi connectivity index (χ0n) is 15.6. The number of oxazole rings is 1. The lowest BCUT2D eigenvalue weighted by Crippen LogP contribution is -2.55. The molecule has 5 nitrogen and oxygen atoms in total. The lowest BCUT2D eigenvalue weighted by molar-refractivity contribution is 0.0463. The Hall–Kier alpha value is -1.88. The second kappa shape index (κ2) is 6.08. The summed E-state index contributed by atoms with van der Waals surface area (Å²) in [6, 6.07) is 7.16. The quantitative estimate of drug-likeness (QED) is 0.914. The normalized spacial score (nSPS) is 34.0. The van der Waals surface area contributed by atoms with E-state index in [1.165, 1.54) is 19.3 Å². The number of hydrogen-bond donors (Lipinski definition) is 1. The third-order valence-corrected chi connectivity index (χ3v) is 6.78. The van der Waals surface area contributed by atoms with Crippen LogP contribution in [0, 0.1) is 5.92 Å². The summed E-state index contributed by atoms with van der Waals surface area (Å²) in [4.78, 5) is 20.2. The Labute approximate surface area is 154 Å². The van der Waals surface area contributed by atoms with Gasteiger partial charge in [-0.3, -0.25) is 4.79 Å². The average molecular weight is 353 g/mol. The maximum atomic E-state index is 13.0. The summed E-state index contributed by atoms with van der Waals surface area (Å²) >= 11 is 0. The van der Waals surface area contributed by atoms with E-state index >= 15 is 0 Å². The van der Waals surface area contributed by atoms with Gasteiger partial charge in [0.05, 0.1) is 5.56 Å². The molecule has 2 aromatic rings. The van der Waals surface area contributed by atoms with Crippen LogP contribution in [0.5, 0.6) is 0 Å². The van der Waals surface area contributed by atoms with E-state index in [1.54, 1.807) is 0 Å². The van der Waals surface area contributed by atoms with Crippen molar-refractivity contribution in [1.82, 2.24) is 15.2 Å². The van der Waals surface area contributed by atoms with Crippen molar-refractivity contribution in [3.05, 3.63) is 29.7 Å². The first kappa shape index (κ1) is 16.3. The van der Waals surface area contributed by atoms with Gasteiger partial charge in [0.1, 0.15) is 5.52 Å². The molecule has 3 heterocycles. The molecule has 1 aromatic carbocycles. The highest BCUT2D eigenvalue weighted by molar-refractivity contribution is 6.04. The van der Waals surface area contributed by atoms with Crippen molar-refractivity contribution >= 4 is 17.0 Å². The summed E-state index contributed by atoms with van der Waals surface area (Å²) < 4.78 is 5.92. The number of fused-ring (bicyclic) bond motifs is 3. The lowest BCUT2D eigenvalue weighted by Gasteiger charge is -2.47. The van der Waals surface area contributed by atoms with Crippen molar-refractivity contribution in [2.75, 3.05) is 7.05 Å². The molecule has 5 rings (SSSR count). The molecule has 2 saturated heterocycles. The van der Waals surface area contributed by atoms with Crippen LogP contribution in [-0.2, 0) is 0 Å². The first-order chi connectivity index (χ1) is 12.6. The van der Waals surface area contributed by atoms with Gasteiger partial charge >= 0.3 is 0 Å². The van der Waals surface area contributed by atoms with Gasteiger partial charge in [-0.25, -0.2) is 4.98 Å². The minimum atomic E-state index is -0.00748. The van der Waals surface area contributed by atoms with E-state index in [0.717, 1.165) is 30.7 Å². The number of nitrogens with zero attached hydrogens (tertiary/aromatic N) is 2. The average Bonchev–Trinajstić information content (AvgIpc) is 3.17. The summed E-state index contributed by atoms with van der Waals surface area (Å²) in [6.45, 7) is 2.21. The predicted molar refractivity (Wildman–Crippen MR) is 100 cm³/mol. The molecule has 138 valence electrons. The number of nitrogens with one attached hydrogen (secondary N) is 1. The maximum absolute atomic E-state index is 13.0. The summed E-state index contributed by atoms with van der Waals surface area (Å²) in [6.07, 6.45) is 7.06. The van der Waals surface area contributed by atoms with Gasteiger partial charge in [0.25, 0.3) is 5.91 Å². The number of hydrogen-bond acceptors (Lipinski definition) is 4. The van der Waals surface area contributed by atoms with Crippen molar-refractivity contribution in [2.24, 2.45) is 5.92 Å². The zero-order valence-corrected chi connectivity index (χ0v) is 15.6. The number of carbonyl (C=O) groups is 1. The van der Waals surface area contributed by atoms with E-state index in [4.69, 9.17) is 4.42 Å². The third-order valence-electron chi connectivity index (χ3n) is 6.78. The Morgan fingerprint density at radius 2 is 1.96 bits per heavy atom.